The summed E-state index contributed by atoms with van der Waals surface area (Å²) >= 11 is 7.04. The van der Waals surface area contributed by atoms with Gasteiger partial charge in [-0.15, -0.1) is 16.4 Å². The second-order valence-electron chi connectivity index (χ2n) is 9.63. The number of benzene rings is 1. The molecule has 39 heavy (non-hydrogen) atoms. The van der Waals surface area contributed by atoms with Gasteiger partial charge in [0.05, 0.1) is 26.7 Å². The second-order valence-corrected chi connectivity index (χ2v) is 17.8. The Morgan fingerprint density at radius 3 is 2.23 bits per heavy atom. The van der Waals surface area contributed by atoms with Gasteiger partial charge in [-0.2, -0.15) is 30.0 Å². The lowest BCUT2D eigenvalue weighted by Crippen LogP contribution is -2.58. The molecule has 0 amide bonds. The van der Waals surface area contributed by atoms with Crippen molar-refractivity contribution in [2.24, 2.45) is 0 Å². The van der Waals surface area contributed by atoms with E-state index < -0.39 is 59.3 Å². The lowest BCUT2D eigenvalue weighted by atomic mass is 10.1. The van der Waals surface area contributed by atoms with Crippen LogP contribution in [0, 0.1) is 0 Å². The number of aromatic nitrogens is 2. The Labute approximate surface area is 232 Å². The monoisotopic (exact) mass is 646 g/mol. The van der Waals surface area contributed by atoms with Gasteiger partial charge < -0.3 is 4.90 Å². The van der Waals surface area contributed by atoms with E-state index >= 15 is 0 Å². The van der Waals surface area contributed by atoms with E-state index in [4.69, 9.17) is 11.6 Å². The third-order valence-electron chi connectivity index (χ3n) is 6.88. The van der Waals surface area contributed by atoms with E-state index in [0.29, 0.717) is 28.5 Å². The van der Waals surface area contributed by atoms with Crippen LogP contribution < -0.4 is 4.90 Å². The fourth-order valence-electron chi connectivity index (χ4n) is 4.56. The zero-order valence-corrected chi connectivity index (χ0v) is 24.4. The Morgan fingerprint density at radius 1 is 1.00 bits per heavy atom. The highest BCUT2D eigenvalue weighted by molar-refractivity contribution is 7.95. The molecule has 1 aliphatic heterocycles. The summed E-state index contributed by atoms with van der Waals surface area (Å²) in [6.07, 6.45) is 0.730. The number of thiophene rings is 1. The molecule has 10 nitrogen and oxygen atoms in total. The van der Waals surface area contributed by atoms with E-state index in [9.17, 15) is 38.4 Å². The number of anilines is 1. The standard InChI is InChI=1S/C21H22ClF3N4O6S4/c1-13(2)37(30,31)16-6-7-17(36-16)38(32,33)29-15-5-3-4-14(22)18(15)19(26-29)28-11-10-27(12-20(28)8-9-20)39(34,35)21(23,24)25/h3-7,13H,8-12H2,1-2H3. The molecule has 2 fully saturated rings. The molecule has 3 aromatic rings. The quantitative estimate of drug-likeness (QED) is 0.397. The molecule has 5 rings (SSSR count). The minimum Gasteiger partial charge on any atom is -0.346 e. The lowest BCUT2D eigenvalue weighted by Gasteiger charge is -2.41. The summed E-state index contributed by atoms with van der Waals surface area (Å²) in [7, 11) is -13.7. The van der Waals surface area contributed by atoms with Gasteiger partial charge in [-0.05, 0) is 51.0 Å². The van der Waals surface area contributed by atoms with Gasteiger partial charge in [-0.3, -0.25) is 0 Å². The van der Waals surface area contributed by atoms with Crippen LogP contribution in [0.2, 0.25) is 5.02 Å². The molecular formula is C21H22ClF3N4O6S4. The van der Waals surface area contributed by atoms with Crippen LogP contribution in [0.3, 0.4) is 0 Å². The van der Waals surface area contributed by atoms with Gasteiger partial charge >= 0.3 is 15.5 Å². The number of rotatable bonds is 6. The lowest BCUT2D eigenvalue weighted by molar-refractivity contribution is -0.0494. The summed E-state index contributed by atoms with van der Waals surface area (Å²) in [6.45, 7) is 1.85. The second kappa shape index (κ2) is 9.04. The molecule has 1 aliphatic carbocycles. The first kappa shape index (κ1) is 28.6. The van der Waals surface area contributed by atoms with Crippen molar-refractivity contribution in [3.8, 4) is 0 Å². The Balaban J connectivity index is 1.60. The van der Waals surface area contributed by atoms with Gasteiger partial charge in [-0.25, -0.2) is 16.8 Å². The summed E-state index contributed by atoms with van der Waals surface area (Å²) in [5, 5.41) is 3.94. The zero-order valence-electron chi connectivity index (χ0n) is 20.4. The molecule has 1 saturated heterocycles. The highest BCUT2D eigenvalue weighted by Gasteiger charge is 2.59. The van der Waals surface area contributed by atoms with E-state index in [0.717, 1.165) is 4.09 Å². The molecule has 0 N–H and O–H groups in total. The number of nitrogens with zero attached hydrogens (tertiary/aromatic N) is 4. The topological polar surface area (TPSA) is 127 Å². The zero-order chi connectivity index (χ0) is 28.8. The van der Waals surface area contributed by atoms with Crippen molar-refractivity contribution in [2.75, 3.05) is 24.5 Å². The molecule has 18 heteroatoms. The molecule has 0 radical (unpaired) electrons. The van der Waals surface area contributed by atoms with Crippen LogP contribution in [-0.2, 0) is 29.9 Å². The van der Waals surface area contributed by atoms with Crippen LogP contribution in [0.15, 0.2) is 38.8 Å². The molecule has 1 saturated carbocycles. The fraction of sp³-hybridized carbons (Fsp3) is 0.476. The largest absolute Gasteiger partial charge is 0.511 e. The number of sulfone groups is 1. The third-order valence-corrected chi connectivity index (χ3v) is 14.6. The normalized spacial score (nSPS) is 18.9. The van der Waals surface area contributed by atoms with Crippen LogP contribution in [-0.4, -0.2) is 74.7 Å². The Morgan fingerprint density at radius 2 is 1.64 bits per heavy atom. The number of piperazine rings is 1. The van der Waals surface area contributed by atoms with Gasteiger partial charge in [0, 0.05) is 19.6 Å². The van der Waals surface area contributed by atoms with Crippen molar-refractivity contribution >= 4 is 69.5 Å². The minimum absolute atomic E-state index is 0.0836. The van der Waals surface area contributed by atoms with E-state index in [1.54, 1.807) is 4.90 Å². The Hall–Kier alpha value is -1.92. The predicted molar refractivity (Wildman–Crippen MR) is 140 cm³/mol. The molecule has 0 atom stereocenters. The number of sulfonamides is 1. The molecule has 1 spiro atoms. The Kier molecular flexibility index (Phi) is 6.63. The summed E-state index contributed by atoms with van der Waals surface area (Å²) in [5.74, 6) is 0.0901. The van der Waals surface area contributed by atoms with Crippen LogP contribution >= 0.6 is 22.9 Å². The average molecular weight is 647 g/mol. The smallest absolute Gasteiger partial charge is 0.346 e. The maximum absolute atomic E-state index is 13.7. The van der Waals surface area contributed by atoms with Crippen molar-refractivity contribution in [2.45, 2.75) is 51.4 Å². The highest BCUT2D eigenvalue weighted by atomic mass is 35.5. The average Bonchev–Trinajstić information content (AvgIpc) is 3.25. The van der Waals surface area contributed by atoms with Crippen molar-refractivity contribution in [1.82, 2.24) is 13.5 Å². The minimum atomic E-state index is -5.55. The first-order valence-corrected chi connectivity index (χ1v) is 17.2. The SMILES string of the molecule is CC(C)S(=O)(=O)c1ccc(S(=O)(=O)n2nc(N3CCN(S(=O)(=O)C(F)(F)F)CC34CC4)c3c(Cl)cccc32)s1. The molecule has 3 heterocycles. The number of hydrogen-bond donors (Lipinski definition) is 0. The maximum Gasteiger partial charge on any atom is 0.511 e. The number of fused-ring (bicyclic) bond motifs is 1. The van der Waals surface area contributed by atoms with Crippen molar-refractivity contribution < 1.29 is 38.4 Å². The first-order chi connectivity index (χ1) is 17.9. The van der Waals surface area contributed by atoms with Gasteiger partial charge in [0.2, 0.25) is 0 Å². The van der Waals surface area contributed by atoms with Crippen molar-refractivity contribution in [1.29, 1.82) is 0 Å². The number of hydrogen-bond acceptors (Lipinski definition) is 9. The highest BCUT2D eigenvalue weighted by Crippen LogP contribution is 2.50. The fourth-order valence-corrected chi connectivity index (χ4v) is 10.4. The molecule has 1 aromatic carbocycles. The van der Waals surface area contributed by atoms with E-state index in [1.165, 1.54) is 44.2 Å². The molecular weight excluding hydrogens is 625 g/mol. The van der Waals surface area contributed by atoms with Crippen LogP contribution in [0.25, 0.3) is 10.9 Å². The third kappa shape index (κ3) is 4.45. The first-order valence-electron chi connectivity index (χ1n) is 11.5. The van der Waals surface area contributed by atoms with Crippen LogP contribution in [0.1, 0.15) is 26.7 Å². The molecule has 2 aliphatic rings. The molecule has 0 bridgehead atoms. The van der Waals surface area contributed by atoms with Gasteiger partial charge in [0.25, 0.3) is 10.0 Å². The van der Waals surface area contributed by atoms with Crippen LogP contribution in [0.5, 0.6) is 0 Å². The summed E-state index contributed by atoms with van der Waals surface area (Å²) in [4.78, 5) is 1.62. The summed E-state index contributed by atoms with van der Waals surface area (Å²) < 4.78 is 117. The molecule has 0 unspecified atom stereocenters. The van der Waals surface area contributed by atoms with E-state index in [1.807, 2.05) is 0 Å². The summed E-state index contributed by atoms with van der Waals surface area (Å²) in [5.41, 5.74) is -6.37. The Bertz CT molecular complexity index is 1800. The van der Waals surface area contributed by atoms with Gasteiger partial charge in [-0.1, -0.05) is 17.7 Å². The van der Waals surface area contributed by atoms with Crippen LogP contribution in [0.4, 0.5) is 19.0 Å². The predicted octanol–water partition coefficient (Wildman–Crippen LogP) is 3.67. The number of alkyl halides is 3. The number of halogens is 4. The van der Waals surface area contributed by atoms with Gasteiger partial charge in [0.15, 0.2) is 15.7 Å². The van der Waals surface area contributed by atoms with Gasteiger partial charge in [0.1, 0.15) is 8.42 Å². The summed E-state index contributed by atoms with van der Waals surface area (Å²) in [6, 6.07) is 6.86. The maximum atomic E-state index is 13.7. The van der Waals surface area contributed by atoms with Crippen molar-refractivity contribution in [3.63, 3.8) is 0 Å². The molecule has 2 aromatic heterocycles. The van der Waals surface area contributed by atoms with Crippen molar-refractivity contribution in [3.05, 3.63) is 35.4 Å². The van der Waals surface area contributed by atoms with E-state index in [2.05, 4.69) is 5.10 Å². The van der Waals surface area contributed by atoms with E-state index in [-0.39, 0.29) is 36.7 Å². The molecule has 214 valence electrons.